The topological polar surface area (TPSA) is 46.1 Å². The van der Waals surface area contributed by atoms with Gasteiger partial charge in [-0.2, -0.15) is 0 Å². The molecule has 2 unspecified atom stereocenters. The van der Waals surface area contributed by atoms with Crippen molar-refractivity contribution in [3.05, 3.63) is 52.3 Å². The molecule has 1 aromatic heterocycles. The first-order chi connectivity index (χ1) is 12.0. The summed E-state index contributed by atoms with van der Waals surface area (Å²) in [6.45, 7) is 4.02. The summed E-state index contributed by atoms with van der Waals surface area (Å²) in [7, 11) is 0. The molecule has 140 valence electrons. The average molecular weight is 394 g/mol. The highest BCUT2D eigenvalue weighted by Crippen LogP contribution is 2.28. The van der Waals surface area contributed by atoms with Crippen molar-refractivity contribution in [3.63, 3.8) is 0 Å². The quantitative estimate of drug-likeness (QED) is 0.821. The molecule has 3 heterocycles. The van der Waals surface area contributed by atoms with E-state index in [0.717, 1.165) is 35.5 Å². The van der Waals surface area contributed by atoms with Crippen LogP contribution >= 0.6 is 24.0 Å². The van der Waals surface area contributed by atoms with Crippen LogP contribution in [0.3, 0.4) is 0 Å². The van der Waals surface area contributed by atoms with Crippen LogP contribution in [0.15, 0.2) is 30.3 Å². The molecule has 4 rings (SSSR count). The molecule has 2 bridgehead atoms. The molecule has 4 nitrogen and oxygen atoms in total. The molecule has 0 radical (unpaired) electrons. The van der Waals surface area contributed by atoms with Crippen LogP contribution in [0.1, 0.15) is 47.4 Å². The van der Waals surface area contributed by atoms with Crippen molar-refractivity contribution >= 4 is 29.9 Å². The monoisotopic (exact) mass is 393 g/mol. The Labute approximate surface area is 165 Å². The molecule has 0 saturated carbocycles. The molecule has 2 aromatic rings. The Hall–Kier alpha value is -1.49. The minimum Gasteiger partial charge on any atom is -0.349 e. The number of piperidine rings is 1. The Morgan fingerprint density at radius 2 is 1.88 bits per heavy atom. The van der Waals surface area contributed by atoms with Gasteiger partial charge in [-0.15, -0.1) is 12.4 Å². The molecule has 26 heavy (non-hydrogen) atoms. The number of fused-ring (bicyclic) bond motifs is 2. The maximum Gasteiger partial charge on any atom is 0.253 e. The van der Waals surface area contributed by atoms with Gasteiger partial charge in [0.15, 0.2) is 0 Å². The summed E-state index contributed by atoms with van der Waals surface area (Å²) < 4.78 is 2.09. The van der Waals surface area contributed by atoms with Crippen LogP contribution < -0.4 is 10.6 Å². The van der Waals surface area contributed by atoms with E-state index in [-0.39, 0.29) is 24.4 Å². The van der Waals surface area contributed by atoms with Gasteiger partial charge in [-0.1, -0.05) is 17.7 Å². The van der Waals surface area contributed by atoms with Gasteiger partial charge < -0.3 is 15.2 Å². The van der Waals surface area contributed by atoms with Crippen LogP contribution in [-0.4, -0.2) is 28.6 Å². The fourth-order valence-electron chi connectivity index (χ4n) is 4.44. The van der Waals surface area contributed by atoms with Crippen LogP contribution in [0.5, 0.6) is 0 Å². The summed E-state index contributed by atoms with van der Waals surface area (Å²) in [5.74, 6) is 0.0349. The second-order valence-electron chi connectivity index (χ2n) is 7.38. The van der Waals surface area contributed by atoms with E-state index in [0.29, 0.717) is 17.1 Å². The van der Waals surface area contributed by atoms with Crippen LogP contribution in [0.25, 0.3) is 5.69 Å². The molecule has 2 atom stereocenters. The Kier molecular flexibility index (Phi) is 5.66. The van der Waals surface area contributed by atoms with E-state index in [2.05, 4.69) is 15.2 Å². The van der Waals surface area contributed by atoms with Crippen molar-refractivity contribution < 1.29 is 4.79 Å². The Bertz CT molecular complexity index is 805. The summed E-state index contributed by atoms with van der Waals surface area (Å²) in [5.41, 5.74) is 3.73. The number of aromatic nitrogens is 1. The molecular weight excluding hydrogens is 369 g/mol. The van der Waals surface area contributed by atoms with Crippen LogP contribution in [0, 0.1) is 13.8 Å². The molecule has 0 aliphatic carbocycles. The zero-order chi connectivity index (χ0) is 17.6. The number of rotatable bonds is 3. The molecule has 1 aromatic carbocycles. The van der Waals surface area contributed by atoms with Gasteiger partial charge in [0.25, 0.3) is 5.91 Å². The fraction of sp³-hybridized carbons (Fsp3) is 0.450. The van der Waals surface area contributed by atoms with Gasteiger partial charge in [0, 0.05) is 40.2 Å². The number of nitrogens with one attached hydrogen (secondary N) is 2. The van der Waals surface area contributed by atoms with Gasteiger partial charge in [0.2, 0.25) is 0 Å². The molecule has 2 aliphatic rings. The van der Waals surface area contributed by atoms with E-state index in [1.165, 1.54) is 12.8 Å². The number of hydrogen-bond donors (Lipinski definition) is 2. The highest BCUT2D eigenvalue weighted by Gasteiger charge is 2.34. The van der Waals surface area contributed by atoms with E-state index in [1.807, 2.05) is 44.2 Å². The summed E-state index contributed by atoms with van der Waals surface area (Å²) >= 11 is 6.13. The standard InChI is InChI=1S/C20H24ClN3O.ClH/c1-12-8-19(13(2)24(12)18-5-3-4-14(21)9-18)20(25)23-17-10-15-6-7-16(11-17)22-15;/h3-5,8-9,15-17,22H,6-7,10-11H2,1-2H3,(H,23,25);1H. The number of benzene rings is 1. The first-order valence-corrected chi connectivity index (χ1v) is 9.41. The van der Waals surface area contributed by atoms with Crippen LogP contribution in [0.2, 0.25) is 5.02 Å². The van der Waals surface area contributed by atoms with E-state index < -0.39 is 0 Å². The Balaban J connectivity index is 0.00000196. The predicted octanol–water partition coefficient (Wildman–Crippen LogP) is 4.18. The lowest BCUT2D eigenvalue weighted by atomic mass is 9.99. The van der Waals surface area contributed by atoms with E-state index in [4.69, 9.17) is 11.6 Å². The second-order valence-corrected chi connectivity index (χ2v) is 7.82. The molecule has 6 heteroatoms. The zero-order valence-corrected chi connectivity index (χ0v) is 16.7. The van der Waals surface area contributed by atoms with Crippen molar-refractivity contribution in [3.8, 4) is 5.69 Å². The van der Waals surface area contributed by atoms with E-state index in [1.54, 1.807) is 0 Å². The zero-order valence-electron chi connectivity index (χ0n) is 15.1. The number of carbonyl (C=O) groups excluding carboxylic acids is 1. The van der Waals surface area contributed by atoms with Crippen LogP contribution in [-0.2, 0) is 0 Å². The number of nitrogens with zero attached hydrogens (tertiary/aromatic N) is 1. The molecule has 2 saturated heterocycles. The van der Waals surface area contributed by atoms with Crippen LogP contribution in [0.4, 0.5) is 0 Å². The van der Waals surface area contributed by atoms with E-state index in [9.17, 15) is 4.79 Å². The van der Waals surface area contributed by atoms with Gasteiger partial charge in [-0.3, -0.25) is 4.79 Å². The molecule has 1 amide bonds. The molecular formula is C20H25Cl2N3O. The summed E-state index contributed by atoms with van der Waals surface area (Å²) in [5, 5.41) is 7.57. The predicted molar refractivity (Wildman–Crippen MR) is 108 cm³/mol. The normalized spacial score (nSPS) is 24.2. The SMILES string of the molecule is Cc1cc(C(=O)NC2CC3CCC(C2)N3)c(C)n1-c1cccc(Cl)c1.Cl. The molecule has 0 spiro atoms. The number of hydrogen-bond acceptors (Lipinski definition) is 2. The number of amides is 1. The average Bonchev–Trinajstić information content (AvgIpc) is 3.06. The highest BCUT2D eigenvalue weighted by molar-refractivity contribution is 6.30. The van der Waals surface area contributed by atoms with Gasteiger partial charge in [0.05, 0.1) is 5.56 Å². The second kappa shape index (κ2) is 7.63. The number of aryl methyl sites for hydroxylation is 1. The summed E-state index contributed by atoms with van der Waals surface area (Å²) in [6.07, 6.45) is 4.55. The third-order valence-electron chi connectivity index (χ3n) is 5.55. The highest BCUT2D eigenvalue weighted by atomic mass is 35.5. The van der Waals surface area contributed by atoms with E-state index >= 15 is 0 Å². The lowest BCUT2D eigenvalue weighted by Crippen LogP contribution is -2.48. The fourth-order valence-corrected chi connectivity index (χ4v) is 4.63. The summed E-state index contributed by atoms with van der Waals surface area (Å²) in [6, 6.07) is 11.1. The molecule has 2 fully saturated rings. The van der Waals surface area contributed by atoms with Gasteiger partial charge in [0.1, 0.15) is 0 Å². The van der Waals surface area contributed by atoms with Gasteiger partial charge >= 0.3 is 0 Å². The summed E-state index contributed by atoms with van der Waals surface area (Å²) in [4.78, 5) is 12.9. The minimum absolute atomic E-state index is 0. The largest absolute Gasteiger partial charge is 0.349 e. The maximum atomic E-state index is 12.9. The Morgan fingerprint density at radius 1 is 1.19 bits per heavy atom. The maximum absolute atomic E-state index is 12.9. The first-order valence-electron chi connectivity index (χ1n) is 9.03. The third kappa shape index (κ3) is 3.64. The van der Waals surface area contributed by atoms with Crippen molar-refractivity contribution in [2.75, 3.05) is 0 Å². The molecule has 2 aliphatic heterocycles. The van der Waals surface area contributed by atoms with Crippen molar-refractivity contribution in [2.24, 2.45) is 0 Å². The van der Waals surface area contributed by atoms with Crippen molar-refractivity contribution in [1.29, 1.82) is 0 Å². The third-order valence-corrected chi connectivity index (χ3v) is 5.79. The molecule has 2 N–H and O–H groups in total. The van der Waals surface area contributed by atoms with Gasteiger partial charge in [-0.25, -0.2) is 0 Å². The number of halogens is 2. The lowest BCUT2D eigenvalue weighted by molar-refractivity contribution is 0.0923. The minimum atomic E-state index is 0. The van der Waals surface area contributed by atoms with Gasteiger partial charge in [-0.05, 0) is 63.8 Å². The van der Waals surface area contributed by atoms with Crippen molar-refractivity contribution in [2.45, 2.75) is 57.7 Å². The smallest absolute Gasteiger partial charge is 0.253 e. The Morgan fingerprint density at radius 3 is 2.54 bits per heavy atom. The first kappa shape index (κ1) is 19.3. The van der Waals surface area contributed by atoms with Crippen molar-refractivity contribution in [1.82, 2.24) is 15.2 Å². The lowest BCUT2D eigenvalue weighted by Gasteiger charge is -2.29. The number of carbonyl (C=O) groups is 1.